The van der Waals surface area contributed by atoms with E-state index in [1.54, 1.807) is 14.0 Å². The van der Waals surface area contributed by atoms with Crippen molar-refractivity contribution in [1.29, 1.82) is 0 Å². The van der Waals surface area contributed by atoms with Gasteiger partial charge < -0.3 is 0 Å². The van der Waals surface area contributed by atoms with Crippen molar-refractivity contribution in [2.24, 2.45) is 7.05 Å². The van der Waals surface area contributed by atoms with Crippen molar-refractivity contribution in [2.75, 3.05) is 0 Å². The van der Waals surface area contributed by atoms with Gasteiger partial charge in [0, 0.05) is 30.0 Å². The van der Waals surface area contributed by atoms with Crippen LogP contribution in [0.4, 0.5) is 0 Å². The van der Waals surface area contributed by atoms with E-state index in [1.807, 2.05) is 47.9 Å². The Balaban J connectivity index is 2.27. The first-order valence-electron chi connectivity index (χ1n) is 8.74. The number of halogens is 1. The molecule has 7 nitrogen and oxygen atoms in total. The zero-order valence-electron chi connectivity index (χ0n) is 15.9. The van der Waals surface area contributed by atoms with Crippen LogP contribution in [0.25, 0.3) is 22.6 Å². The molecule has 0 bridgehead atoms. The molecular weight excluding hydrogens is 366 g/mol. The highest BCUT2D eigenvalue weighted by atomic mass is 35.5. The largest absolute Gasteiger partial charge is 0.332 e. The summed E-state index contributed by atoms with van der Waals surface area (Å²) in [6.45, 7) is 8.02. The molecule has 0 aliphatic carbocycles. The maximum Gasteiger partial charge on any atom is 0.332 e. The Morgan fingerprint density at radius 2 is 1.81 bits per heavy atom. The van der Waals surface area contributed by atoms with Crippen LogP contribution in [0.5, 0.6) is 0 Å². The maximum atomic E-state index is 13.0. The van der Waals surface area contributed by atoms with E-state index in [4.69, 9.17) is 11.6 Å². The number of hydrogen-bond acceptors (Lipinski definition) is 3. The van der Waals surface area contributed by atoms with Gasteiger partial charge in [0.2, 0.25) is 5.78 Å². The van der Waals surface area contributed by atoms with Crippen molar-refractivity contribution in [3.63, 3.8) is 0 Å². The number of nitrogens with zero attached hydrogens (tertiary/aromatic N) is 5. The van der Waals surface area contributed by atoms with Crippen LogP contribution in [0.1, 0.15) is 23.9 Å². The molecule has 4 aromatic rings. The predicted molar refractivity (Wildman–Crippen MR) is 106 cm³/mol. The van der Waals surface area contributed by atoms with Crippen LogP contribution in [0, 0.1) is 20.8 Å². The first-order valence-corrected chi connectivity index (χ1v) is 9.12. The zero-order valence-corrected chi connectivity index (χ0v) is 16.6. The Labute approximate surface area is 160 Å². The van der Waals surface area contributed by atoms with Crippen LogP contribution < -0.4 is 11.2 Å². The minimum Gasteiger partial charge on any atom is -0.282 e. The third kappa shape index (κ3) is 2.24. The number of benzene rings is 1. The minimum absolute atomic E-state index is 0.306. The third-order valence-corrected chi connectivity index (χ3v) is 5.48. The van der Waals surface area contributed by atoms with E-state index in [0.717, 1.165) is 22.6 Å². The molecule has 27 heavy (non-hydrogen) atoms. The summed E-state index contributed by atoms with van der Waals surface area (Å²) in [5, 5.41) is 0.622. The average molecular weight is 386 g/mol. The van der Waals surface area contributed by atoms with Gasteiger partial charge in [0.05, 0.1) is 5.69 Å². The molecule has 3 aromatic heterocycles. The summed E-state index contributed by atoms with van der Waals surface area (Å²) < 4.78 is 6.47. The molecule has 3 heterocycles. The molecule has 0 radical (unpaired) electrons. The van der Waals surface area contributed by atoms with Crippen LogP contribution in [0.3, 0.4) is 0 Å². The van der Waals surface area contributed by atoms with Gasteiger partial charge >= 0.3 is 5.69 Å². The fraction of sp³-hybridized carbons (Fsp3) is 0.316. The lowest BCUT2D eigenvalue weighted by Crippen LogP contribution is -2.38. The molecule has 0 aliphatic heterocycles. The second-order valence-electron chi connectivity index (χ2n) is 6.75. The van der Waals surface area contributed by atoms with E-state index in [1.165, 1.54) is 9.13 Å². The van der Waals surface area contributed by atoms with Crippen LogP contribution in [-0.2, 0) is 13.6 Å². The summed E-state index contributed by atoms with van der Waals surface area (Å²) >= 11 is 6.23. The van der Waals surface area contributed by atoms with Gasteiger partial charge in [-0.25, -0.2) is 4.79 Å². The summed E-state index contributed by atoms with van der Waals surface area (Å²) in [4.78, 5) is 30.2. The summed E-state index contributed by atoms with van der Waals surface area (Å²) in [5.41, 5.74) is 3.88. The van der Waals surface area contributed by atoms with E-state index in [0.29, 0.717) is 28.5 Å². The van der Waals surface area contributed by atoms with Crippen molar-refractivity contribution in [2.45, 2.75) is 34.2 Å². The molecule has 0 saturated carbocycles. The van der Waals surface area contributed by atoms with Crippen LogP contribution in [0.2, 0.25) is 5.02 Å². The monoisotopic (exact) mass is 385 g/mol. The van der Waals surface area contributed by atoms with Gasteiger partial charge in [0.25, 0.3) is 5.56 Å². The van der Waals surface area contributed by atoms with Crippen molar-refractivity contribution >= 4 is 28.5 Å². The Kier molecular flexibility index (Phi) is 3.82. The maximum absolute atomic E-state index is 13.0. The lowest BCUT2D eigenvalue weighted by molar-refractivity contribution is 0.636. The Bertz CT molecular complexity index is 1350. The van der Waals surface area contributed by atoms with Gasteiger partial charge in [-0.05, 0) is 45.4 Å². The molecule has 140 valence electrons. The number of aryl methyl sites for hydroxylation is 3. The molecule has 0 fully saturated rings. The van der Waals surface area contributed by atoms with Crippen molar-refractivity contribution in [3.05, 3.63) is 61.0 Å². The Morgan fingerprint density at radius 1 is 1.11 bits per heavy atom. The SMILES string of the molecule is CCn1c(=O)c2c(nc3n(-c4cc(Cl)ccc4C)c(C)c(C)n23)n(C)c1=O. The molecule has 1 aromatic carbocycles. The third-order valence-electron chi connectivity index (χ3n) is 5.25. The number of imidazole rings is 2. The summed E-state index contributed by atoms with van der Waals surface area (Å²) in [5.74, 6) is 0.589. The van der Waals surface area contributed by atoms with Crippen LogP contribution in [0.15, 0.2) is 27.8 Å². The molecule has 8 heteroatoms. The molecule has 0 amide bonds. The van der Waals surface area contributed by atoms with Gasteiger partial charge in [-0.15, -0.1) is 0 Å². The average Bonchev–Trinajstić information content (AvgIpc) is 3.12. The molecule has 0 saturated heterocycles. The fourth-order valence-corrected chi connectivity index (χ4v) is 3.81. The Hall–Kier alpha value is -2.80. The van der Waals surface area contributed by atoms with Crippen LogP contribution in [-0.4, -0.2) is 23.1 Å². The molecule has 0 spiro atoms. The van der Waals surface area contributed by atoms with Crippen molar-refractivity contribution in [1.82, 2.24) is 23.1 Å². The summed E-state index contributed by atoms with van der Waals surface area (Å²) in [7, 11) is 1.64. The van der Waals surface area contributed by atoms with Gasteiger partial charge in [-0.1, -0.05) is 17.7 Å². The highest BCUT2D eigenvalue weighted by molar-refractivity contribution is 6.30. The van der Waals surface area contributed by atoms with E-state index in [2.05, 4.69) is 4.98 Å². The highest BCUT2D eigenvalue weighted by Gasteiger charge is 2.23. The van der Waals surface area contributed by atoms with E-state index in [-0.39, 0.29) is 11.2 Å². The quantitative estimate of drug-likeness (QED) is 0.533. The number of rotatable bonds is 2. The van der Waals surface area contributed by atoms with Crippen LogP contribution >= 0.6 is 11.6 Å². The highest BCUT2D eigenvalue weighted by Crippen LogP contribution is 2.27. The lowest BCUT2D eigenvalue weighted by Gasteiger charge is -2.10. The molecule has 0 atom stereocenters. The first kappa shape index (κ1) is 17.6. The predicted octanol–water partition coefficient (Wildman–Crippen LogP) is 2.74. The molecule has 4 rings (SSSR count). The first-order chi connectivity index (χ1) is 12.8. The van der Waals surface area contributed by atoms with Gasteiger partial charge in [0.15, 0.2) is 11.2 Å². The lowest BCUT2D eigenvalue weighted by atomic mass is 10.2. The topological polar surface area (TPSA) is 66.2 Å². The summed E-state index contributed by atoms with van der Waals surface area (Å²) in [6, 6.07) is 5.67. The fourth-order valence-electron chi connectivity index (χ4n) is 3.64. The molecule has 0 N–H and O–H groups in total. The zero-order chi connectivity index (χ0) is 19.6. The second kappa shape index (κ2) is 5.85. The smallest absolute Gasteiger partial charge is 0.282 e. The second-order valence-corrected chi connectivity index (χ2v) is 7.18. The van der Waals surface area contributed by atoms with E-state index >= 15 is 0 Å². The van der Waals surface area contributed by atoms with E-state index < -0.39 is 0 Å². The Morgan fingerprint density at radius 3 is 2.48 bits per heavy atom. The van der Waals surface area contributed by atoms with E-state index in [9.17, 15) is 9.59 Å². The van der Waals surface area contributed by atoms with Crippen molar-refractivity contribution in [3.8, 4) is 5.69 Å². The molecular formula is C19H20ClN5O2. The van der Waals surface area contributed by atoms with Gasteiger partial charge in [-0.2, -0.15) is 4.98 Å². The van der Waals surface area contributed by atoms with Gasteiger partial charge in [-0.3, -0.25) is 22.9 Å². The number of fused-ring (bicyclic) bond motifs is 3. The number of aromatic nitrogens is 5. The standard InChI is InChI=1S/C19H20ClN5O2/c1-6-23-17(26)15-16(22(5)19(23)27)21-18-24(11(3)12(4)25(15)18)14-9-13(20)8-7-10(14)2/h7-9H,6H2,1-5H3. The summed E-state index contributed by atoms with van der Waals surface area (Å²) in [6.07, 6.45) is 0. The molecule has 0 unspecified atom stereocenters. The van der Waals surface area contributed by atoms with Gasteiger partial charge in [0.1, 0.15) is 0 Å². The van der Waals surface area contributed by atoms with Crippen molar-refractivity contribution < 1.29 is 0 Å². The normalized spacial score (nSPS) is 11.8. The minimum atomic E-state index is -0.365. The number of hydrogen-bond donors (Lipinski definition) is 0. The molecule has 0 aliphatic rings.